The molecule has 2 aromatic heterocycles. The lowest BCUT2D eigenvalue weighted by atomic mass is 9.88. The molecule has 4 nitrogen and oxygen atoms in total. The van der Waals surface area contributed by atoms with E-state index in [2.05, 4.69) is 12.2 Å². The summed E-state index contributed by atoms with van der Waals surface area (Å²) in [7, 11) is 1.37. The number of halogens is 1. The first-order valence-corrected chi connectivity index (χ1v) is 10.7. The van der Waals surface area contributed by atoms with E-state index in [0.717, 1.165) is 39.8 Å². The number of esters is 1. The van der Waals surface area contributed by atoms with Crippen molar-refractivity contribution in [3.8, 4) is 0 Å². The molecule has 0 aliphatic heterocycles. The molecule has 0 saturated carbocycles. The van der Waals surface area contributed by atoms with Gasteiger partial charge < -0.3 is 10.1 Å². The highest BCUT2D eigenvalue weighted by Crippen LogP contribution is 2.41. The quantitative estimate of drug-likeness (QED) is 0.547. The molecule has 2 heterocycles. The summed E-state index contributed by atoms with van der Waals surface area (Å²) >= 11 is 9.25. The van der Waals surface area contributed by atoms with E-state index in [1.807, 2.05) is 24.3 Å². The Balaban J connectivity index is 1.72. The van der Waals surface area contributed by atoms with Crippen LogP contribution in [0, 0.1) is 5.92 Å². The average molecular weight is 420 g/mol. The number of fused-ring (bicyclic) bond motifs is 2. The van der Waals surface area contributed by atoms with Gasteiger partial charge in [0.05, 0.1) is 17.7 Å². The van der Waals surface area contributed by atoms with Crippen LogP contribution in [0.15, 0.2) is 24.3 Å². The number of hydrogen-bond donors (Lipinski definition) is 1. The summed E-state index contributed by atoms with van der Waals surface area (Å²) in [4.78, 5) is 26.9. The van der Waals surface area contributed by atoms with Gasteiger partial charge in [0.1, 0.15) is 9.88 Å². The summed E-state index contributed by atoms with van der Waals surface area (Å²) in [5.41, 5.74) is 1.51. The lowest BCUT2D eigenvalue weighted by Gasteiger charge is -2.18. The number of carbonyl (C=O) groups is 2. The third-order valence-corrected chi connectivity index (χ3v) is 7.71. The standard InChI is InChI=1S/C20H18ClNO3S2/c1-10-7-8-11-14(9-10)27-19(15(11)20(24)25-2)22-18(23)17-16(21)12-5-3-4-6-13(12)26-17/h3-6,10H,7-9H2,1-2H3,(H,22,23). The maximum Gasteiger partial charge on any atom is 0.341 e. The van der Waals surface area contributed by atoms with Crippen LogP contribution in [0.5, 0.6) is 0 Å². The van der Waals surface area contributed by atoms with Gasteiger partial charge in [0.15, 0.2) is 0 Å². The van der Waals surface area contributed by atoms with E-state index in [0.29, 0.717) is 26.4 Å². The molecule has 1 N–H and O–H groups in total. The highest BCUT2D eigenvalue weighted by Gasteiger charge is 2.29. The van der Waals surface area contributed by atoms with Gasteiger partial charge in [-0.2, -0.15) is 0 Å². The molecule has 140 valence electrons. The molecule has 0 spiro atoms. The van der Waals surface area contributed by atoms with E-state index in [1.54, 1.807) is 0 Å². The molecule has 0 saturated heterocycles. The van der Waals surface area contributed by atoms with Crippen LogP contribution in [-0.2, 0) is 17.6 Å². The fourth-order valence-corrected chi connectivity index (χ4v) is 6.28. The second kappa shape index (κ2) is 7.26. The molecular formula is C20H18ClNO3S2. The number of benzene rings is 1. The van der Waals surface area contributed by atoms with Crippen molar-refractivity contribution in [1.82, 2.24) is 0 Å². The van der Waals surface area contributed by atoms with Crippen molar-refractivity contribution in [1.29, 1.82) is 0 Å². The van der Waals surface area contributed by atoms with Gasteiger partial charge in [-0.15, -0.1) is 22.7 Å². The van der Waals surface area contributed by atoms with Crippen LogP contribution in [0.25, 0.3) is 10.1 Å². The number of rotatable bonds is 3. The summed E-state index contributed by atoms with van der Waals surface area (Å²) < 4.78 is 5.94. The first-order chi connectivity index (χ1) is 13.0. The molecule has 1 amide bonds. The van der Waals surface area contributed by atoms with Crippen LogP contribution in [0.4, 0.5) is 5.00 Å². The molecular weight excluding hydrogens is 402 g/mol. The smallest absolute Gasteiger partial charge is 0.341 e. The SMILES string of the molecule is COC(=O)c1c(NC(=O)c2sc3ccccc3c2Cl)sc2c1CCC(C)C2. The van der Waals surface area contributed by atoms with Gasteiger partial charge in [-0.3, -0.25) is 4.79 Å². The van der Waals surface area contributed by atoms with Gasteiger partial charge in [0, 0.05) is 15.0 Å². The fraction of sp³-hybridized carbons (Fsp3) is 0.300. The van der Waals surface area contributed by atoms with Crippen LogP contribution in [0.3, 0.4) is 0 Å². The molecule has 1 aliphatic rings. The minimum absolute atomic E-state index is 0.294. The first-order valence-electron chi connectivity index (χ1n) is 8.70. The van der Waals surface area contributed by atoms with Crippen molar-refractivity contribution in [3.05, 3.63) is 50.2 Å². The van der Waals surface area contributed by atoms with E-state index in [9.17, 15) is 9.59 Å². The lowest BCUT2D eigenvalue weighted by Crippen LogP contribution is -2.15. The zero-order valence-corrected chi connectivity index (χ0v) is 17.3. The molecule has 7 heteroatoms. The van der Waals surface area contributed by atoms with E-state index in [1.165, 1.54) is 29.8 Å². The van der Waals surface area contributed by atoms with Crippen LogP contribution in [-0.4, -0.2) is 19.0 Å². The number of anilines is 1. The van der Waals surface area contributed by atoms with Crippen LogP contribution >= 0.6 is 34.3 Å². The van der Waals surface area contributed by atoms with Gasteiger partial charge in [-0.05, 0) is 36.8 Å². The van der Waals surface area contributed by atoms with Crippen molar-refractivity contribution in [2.45, 2.75) is 26.2 Å². The molecule has 0 bridgehead atoms. The first kappa shape index (κ1) is 18.5. The molecule has 4 rings (SSSR count). The zero-order valence-electron chi connectivity index (χ0n) is 14.9. The summed E-state index contributed by atoms with van der Waals surface area (Å²) in [6, 6.07) is 7.65. The van der Waals surface area contributed by atoms with E-state index >= 15 is 0 Å². The van der Waals surface area contributed by atoms with Crippen molar-refractivity contribution in [2.24, 2.45) is 5.92 Å². The highest BCUT2D eigenvalue weighted by molar-refractivity contribution is 7.22. The fourth-order valence-electron chi connectivity index (χ4n) is 3.48. The van der Waals surface area contributed by atoms with Gasteiger partial charge in [0.25, 0.3) is 5.91 Å². The van der Waals surface area contributed by atoms with Crippen LogP contribution in [0.2, 0.25) is 5.02 Å². The Labute approximate surface area is 170 Å². The van der Waals surface area contributed by atoms with Crippen LogP contribution < -0.4 is 5.32 Å². The van der Waals surface area contributed by atoms with Crippen molar-refractivity contribution in [3.63, 3.8) is 0 Å². The molecule has 1 aromatic carbocycles. The summed E-state index contributed by atoms with van der Waals surface area (Å²) in [6.45, 7) is 2.20. The zero-order chi connectivity index (χ0) is 19.1. The van der Waals surface area contributed by atoms with Crippen molar-refractivity contribution >= 4 is 61.2 Å². The predicted octanol–water partition coefficient (Wildman–Crippen LogP) is 5.78. The number of ether oxygens (including phenoxy) is 1. The minimum Gasteiger partial charge on any atom is -0.465 e. The van der Waals surface area contributed by atoms with Crippen LogP contribution in [0.1, 0.15) is 43.8 Å². The van der Waals surface area contributed by atoms with Gasteiger partial charge in [-0.1, -0.05) is 36.7 Å². The van der Waals surface area contributed by atoms with E-state index in [4.69, 9.17) is 16.3 Å². The van der Waals surface area contributed by atoms with Gasteiger partial charge >= 0.3 is 5.97 Å². The summed E-state index contributed by atoms with van der Waals surface area (Å²) in [5.74, 6) is -0.125. The third-order valence-electron chi connectivity index (χ3n) is 4.87. The van der Waals surface area contributed by atoms with Crippen molar-refractivity contribution < 1.29 is 14.3 Å². The van der Waals surface area contributed by atoms with E-state index in [-0.39, 0.29) is 5.91 Å². The Kier molecular flexibility index (Phi) is 4.97. The molecule has 1 atom stereocenters. The Morgan fingerprint density at radius 3 is 2.78 bits per heavy atom. The number of thiophene rings is 2. The molecule has 1 unspecified atom stereocenters. The van der Waals surface area contributed by atoms with Gasteiger partial charge in [-0.25, -0.2) is 4.79 Å². The average Bonchev–Trinajstić information content (AvgIpc) is 3.18. The number of amides is 1. The predicted molar refractivity (Wildman–Crippen MR) is 112 cm³/mol. The Bertz CT molecular complexity index is 1050. The second-order valence-corrected chi connectivity index (χ2v) is 9.28. The lowest BCUT2D eigenvalue weighted by molar-refractivity contribution is 0.0601. The minimum atomic E-state index is -0.403. The van der Waals surface area contributed by atoms with E-state index < -0.39 is 5.97 Å². The maximum absolute atomic E-state index is 12.9. The monoisotopic (exact) mass is 419 g/mol. The third kappa shape index (κ3) is 3.26. The molecule has 0 radical (unpaired) electrons. The number of nitrogens with one attached hydrogen (secondary N) is 1. The normalized spacial score (nSPS) is 16.2. The highest BCUT2D eigenvalue weighted by atomic mass is 35.5. The van der Waals surface area contributed by atoms with Gasteiger partial charge in [0.2, 0.25) is 0 Å². The summed E-state index contributed by atoms with van der Waals surface area (Å²) in [5, 5.41) is 4.79. The molecule has 1 aliphatic carbocycles. The molecule has 27 heavy (non-hydrogen) atoms. The summed E-state index contributed by atoms with van der Waals surface area (Å²) in [6.07, 6.45) is 2.78. The number of methoxy groups -OCH3 is 1. The Morgan fingerprint density at radius 1 is 1.26 bits per heavy atom. The molecule has 3 aromatic rings. The Hall–Kier alpha value is -1.89. The molecule has 0 fully saturated rings. The second-order valence-electron chi connectivity index (χ2n) is 6.74. The topological polar surface area (TPSA) is 55.4 Å². The maximum atomic E-state index is 12.9. The largest absolute Gasteiger partial charge is 0.465 e. The number of carbonyl (C=O) groups excluding carboxylic acids is 2. The Morgan fingerprint density at radius 2 is 2.04 bits per heavy atom. The number of hydrogen-bond acceptors (Lipinski definition) is 5. The van der Waals surface area contributed by atoms with Crippen molar-refractivity contribution in [2.75, 3.05) is 12.4 Å².